The van der Waals surface area contributed by atoms with Gasteiger partial charge in [0.15, 0.2) is 0 Å². The minimum Gasteiger partial charge on any atom is -0.328 e. The van der Waals surface area contributed by atoms with Crippen LogP contribution < -0.4 is 5.32 Å². The molecule has 4 aromatic rings. The molecule has 0 bridgehead atoms. The molecule has 0 saturated heterocycles. The van der Waals surface area contributed by atoms with E-state index < -0.39 is 0 Å². The molecule has 138 valence electrons. The molecule has 4 nitrogen and oxygen atoms in total. The van der Waals surface area contributed by atoms with Crippen molar-refractivity contribution in [2.45, 2.75) is 25.8 Å². The number of rotatable bonds is 4. The third-order valence-corrected chi connectivity index (χ3v) is 5.39. The Bertz CT molecular complexity index is 1170. The fourth-order valence-electron chi connectivity index (χ4n) is 4.07. The van der Waals surface area contributed by atoms with Crippen LogP contribution in [0.2, 0.25) is 0 Å². The quantitative estimate of drug-likeness (QED) is 0.561. The zero-order chi connectivity index (χ0) is 18.9. The molecule has 0 spiro atoms. The van der Waals surface area contributed by atoms with Gasteiger partial charge in [0.05, 0.1) is 18.3 Å². The molecular weight excluding hydrogens is 346 g/mol. The third-order valence-electron chi connectivity index (χ3n) is 5.39. The van der Waals surface area contributed by atoms with E-state index in [2.05, 4.69) is 39.1 Å². The number of hydrogen-bond acceptors (Lipinski definition) is 2. The summed E-state index contributed by atoms with van der Waals surface area (Å²) >= 11 is 0. The number of aryl methyl sites for hydroxylation is 1. The Labute approximate surface area is 163 Å². The minimum absolute atomic E-state index is 0.00739. The van der Waals surface area contributed by atoms with Crippen molar-refractivity contribution in [3.8, 4) is 11.3 Å². The maximum absolute atomic E-state index is 12.7. The highest BCUT2D eigenvalue weighted by Gasteiger charge is 2.17. The number of carbonyl (C=O) groups is 1. The van der Waals surface area contributed by atoms with Crippen LogP contribution >= 0.6 is 0 Å². The maximum atomic E-state index is 12.7. The number of anilines is 1. The summed E-state index contributed by atoms with van der Waals surface area (Å²) in [5, 5.41) is 5.34. The zero-order valence-electron chi connectivity index (χ0n) is 15.6. The Morgan fingerprint density at radius 1 is 1.04 bits per heavy atom. The highest BCUT2D eigenvalue weighted by molar-refractivity contribution is 5.96. The van der Waals surface area contributed by atoms with Gasteiger partial charge in [-0.15, -0.1) is 0 Å². The maximum Gasteiger partial charge on any atom is 0.228 e. The third kappa shape index (κ3) is 3.07. The number of imidazole rings is 1. The van der Waals surface area contributed by atoms with Crippen LogP contribution in [0.1, 0.15) is 17.8 Å². The van der Waals surface area contributed by atoms with Crippen LogP contribution in [0.3, 0.4) is 0 Å². The van der Waals surface area contributed by atoms with E-state index >= 15 is 0 Å². The van der Waals surface area contributed by atoms with Gasteiger partial charge >= 0.3 is 0 Å². The Morgan fingerprint density at radius 3 is 2.86 bits per heavy atom. The van der Waals surface area contributed by atoms with Crippen LogP contribution in [-0.4, -0.2) is 15.5 Å². The zero-order valence-corrected chi connectivity index (χ0v) is 15.6. The van der Waals surface area contributed by atoms with E-state index in [1.165, 1.54) is 0 Å². The monoisotopic (exact) mass is 367 g/mol. The summed E-state index contributed by atoms with van der Waals surface area (Å²) in [5.74, 6) is 1.15. The van der Waals surface area contributed by atoms with E-state index in [1.807, 2.05) is 48.7 Å². The van der Waals surface area contributed by atoms with E-state index in [0.717, 1.165) is 58.5 Å². The van der Waals surface area contributed by atoms with Crippen molar-refractivity contribution in [3.63, 3.8) is 0 Å². The topological polar surface area (TPSA) is 46.9 Å². The molecule has 0 saturated carbocycles. The van der Waals surface area contributed by atoms with Crippen LogP contribution in [0, 0.1) is 0 Å². The molecule has 0 atom stereocenters. The van der Waals surface area contributed by atoms with Crippen molar-refractivity contribution >= 4 is 22.4 Å². The number of fused-ring (bicyclic) bond motifs is 2. The van der Waals surface area contributed by atoms with Gasteiger partial charge < -0.3 is 9.88 Å². The van der Waals surface area contributed by atoms with Gasteiger partial charge in [-0.2, -0.15) is 0 Å². The summed E-state index contributed by atoms with van der Waals surface area (Å²) in [4.78, 5) is 17.2. The Hall–Kier alpha value is -3.40. The molecule has 1 amide bonds. The predicted octanol–water partition coefficient (Wildman–Crippen LogP) is 4.83. The second-order valence-corrected chi connectivity index (χ2v) is 7.26. The van der Waals surface area contributed by atoms with Gasteiger partial charge in [-0.1, -0.05) is 54.6 Å². The van der Waals surface area contributed by atoms with Crippen LogP contribution in [0.5, 0.6) is 0 Å². The lowest BCUT2D eigenvalue weighted by atomic mass is 10.0. The van der Waals surface area contributed by atoms with Crippen molar-refractivity contribution in [1.29, 1.82) is 0 Å². The van der Waals surface area contributed by atoms with Gasteiger partial charge in [0.1, 0.15) is 5.82 Å². The molecule has 5 rings (SSSR count). The standard InChI is InChI=1S/C24H21N3O/c28-24(15-18-8-3-7-17-6-1-2-11-21(17)18)26-20-10-4-9-19(14-20)22-16-25-23-12-5-13-27(22)23/h1-4,6-11,14,16H,5,12-13,15H2,(H,26,28). The number of carbonyl (C=O) groups excluding carboxylic acids is 1. The number of hydrogen-bond donors (Lipinski definition) is 1. The molecule has 1 N–H and O–H groups in total. The molecule has 4 heteroatoms. The summed E-state index contributed by atoms with van der Waals surface area (Å²) < 4.78 is 2.27. The molecule has 1 aromatic heterocycles. The molecule has 1 aliphatic rings. The molecule has 0 unspecified atom stereocenters. The number of amides is 1. The Morgan fingerprint density at radius 2 is 1.89 bits per heavy atom. The van der Waals surface area contributed by atoms with Crippen LogP contribution in [0.25, 0.3) is 22.0 Å². The highest BCUT2D eigenvalue weighted by atomic mass is 16.1. The number of nitrogens with zero attached hydrogens (tertiary/aromatic N) is 2. The molecule has 0 radical (unpaired) electrons. The van der Waals surface area contributed by atoms with Gasteiger partial charge in [-0.05, 0) is 34.9 Å². The summed E-state index contributed by atoms with van der Waals surface area (Å²) in [6.07, 6.45) is 4.48. The van der Waals surface area contributed by atoms with Crippen molar-refractivity contribution < 1.29 is 4.79 Å². The first-order valence-corrected chi connectivity index (χ1v) is 9.69. The van der Waals surface area contributed by atoms with Crippen molar-refractivity contribution in [3.05, 3.63) is 84.3 Å². The summed E-state index contributed by atoms with van der Waals surface area (Å²) in [7, 11) is 0. The number of benzene rings is 3. The number of nitrogens with one attached hydrogen (secondary N) is 1. The predicted molar refractivity (Wildman–Crippen MR) is 112 cm³/mol. The van der Waals surface area contributed by atoms with E-state index in [-0.39, 0.29) is 5.91 Å². The van der Waals surface area contributed by atoms with Gasteiger partial charge in [-0.25, -0.2) is 4.98 Å². The molecule has 28 heavy (non-hydrogen) atoms. The van der Waals surface area contributed by atoms with Crippen LogP contribution in [0.15, 0.2) is 72.9 Å². The van der Waals surface area contributed by atoms with Crippen molar-refractivity contribution in [2.24, 2.45) is 0 Å². The summed E-state index contributed by atoms with van der Waals surface area (Å²) in [6, 6.07) is 22.3. The molecule has 0 fully saturated rings. The van der Waals surface area contributed by atoms with E-state index in [1.54, 1.807) is 0 Å². The largest absolute Gasteiger partial charge is 0.328 e. The molecule has 0 aliphatic carbocycles. The average Bonchev–Trinajstić information content (AvgIpc) is 3.32. The van der Waals surface area contributed by atoms with Gasteiger partial charge in [0.2, 0.25) is 5.91 Å². The first-order valence-electron chi connectivity index (χ1n) is 9.69. The van der Waals surface area contributed by atoms with Crippen LogP contribution in [0.4, 0.5) is 5.69 Å². The first kappa shape index (κ1) is 16.8. The summed E-state index contributed by atoms with van der Waals surface area (Å²) in [6.45, 7) is 1.02. The van der Waals surface area contributed by atoms with Gasteiger partial charge in [0, 0.05) is 24.2 Å². The second kappa shape index (κ2) is 6.97. The first-order chi connectivity index (χ1) is 13.8. The lowest BCUT2D eigenvalue weighted by Gasteiger charge is -2.10. The Kier molecular flexibility index (Phi) is 4.17. The van der Waals surface area contributed by atoms with Gasteiger partial charge in [-0.3, -0.25) is 4.79 Å². The smallest absolute Gasteiger partial charge is 0.228 e. The lowest BCUT2D eigenvalue weighted by molar-refractivity contribution is -0.115. The van der Waals surface area contributed by atoms with Gasteiger partial charge in [0.25, 0.3) is 0 Å². The second-order valence-electron chi connectivity index (χ2n) is 7.26. The average molecular weight is 367 g/mol. The molecular formula is C24H21N3O. The van der Waals surface area contributed by atoms with Crippen molar-refractivity contribution in [2.75, 3.05) is 5.32 Å². The van der Waals surface area contributed by atoms with Crippen LogP contribution in [-0.2, 0) is 24.2 Å². The van der Waals surface area contributed by atoms with E-state index in [9.17, 15) is 4.79 Å². The fourth-order valence-corrected chi connectivity index (χ4v) is 4.07. The number of aromatic nitrogens is 2. The summed E-state index contributed by atoms with van der Waals surface area (Å²) in [5.41, 5.74) is 4.07. The van der Waals surface area contributed by atoms with Crippen molar-refractivity contribution in [1.82, 2.24) is 9.55 Å². The highest BCUT2D eigenvalue weighted by Crippen LogP contribution is 2.27. The lowest BCUT2D eigenvalue weighted by Crippen LogP contribution is -2.14. The van der Waals surface area contributed by atoms with E-state index in [0.29, 0.717) is 6.42 Å². The fraction of sp³-hybridized carbons (Fsp3) is 0.167. The SMILES string of the molecule is O=C(Cc1cccc2ccccc12)Nc1cccc(-c2cnc3n2CCC3)c1. The minimum atomic E-state index is -0.00739. The normalized spacial score (nSPS) is 12.9. The molecule has 2 heterocycles. The Balaban J connectivity index is 1.37. The van der Waals surface area contributed by atoms with E-state index in [4.69, 9.17) is 0 Å². The molecule has 3 aromatic carbocycles. The molecule has 1 aliphatic heterocycles.